The molecule has 9 nitrogen and oxygen atoms in total. The molecular weight excluding hydrogens is 488 g/mol. The Morgan fingerprint density at radius 2 is 1.94 bits per heavy atom. The van der Waals surface area contributed by atoms with E-state index in [1.807, 2.05) is 41.1 Å². The zero-order chi connectivity index (χ0) is 22.9. The molecule has 1 aliphatic carbocycles. The Kier molecular flexibility index (Phi) is 4.64. The zero-order valence-corrected chi connectivity index (χ0v) is 19.2. The summed E-state index contributed by atoms with van der Waals surface area (Å²) in [6.45, 7) is 0.358. The number of nitrogens with two attached hydrogens (primary N) is 2. The molecule has 0 radical (unpaired) electrons. The molecule has 0 bridgehead atoms. The molecular formula is C23H23BrN6O3. The van der Waals surface area contributed by atoms with Crippen molar-refractivity contribution in [3.8, 4) is 0 Å². The van der Waals surface area contributed by atoms with Gasteiger partial charge in [0.25, 0.3) is 0 Å². The van der Waals surface area contributed by atoms with E-state index in [2.05, 4.69) is 30.9 Å². The molecule has 2 aliphatic rings. The van der Waals surface area contributed by atoms with E-state index in [-0.39, 0.29) is 12.1 Å². The van der Waals surface area contributed by atoms with E-state index in [0.29, 0.717) is 36.7 Å². The van der Waals surface area contributed by atoms with Crippen LogP contribution in [0, 0.1) is 5.41 Å². The first-order chi connectivity index (χ1) is 15.9. The fraction of sp³-hybridized carbons (Fsp3) is 0.348. The first-order valence-corrected chi connectivity index (χ1v) is 11.6. The summed E-state index contributed by atoms with van der Waals surface area (Å²) in [6.07, 6.45) is 2.33. The summed E-state index contributed by atoms with van der Waals surface area (Å²) in [5, 5.41) is 23.8. The lowest BCUT2D eigenvalue weighted by Crippen LogP contribution is -2.37. The summed E-state index contributed by atoms with van der Waals surface area (Å²) in [5.41, 5.74) is 13.8. The Morgan fingerprint density at radius 3 is 2.79 bits per heavy atom. The third-order valence-corrected chi connectivity index (χ3v) is 7.85. The van der Waals surface area contributed by atoms with Crippen molar-refractivity contribution in [2.45, 2.75) is 37.2 Å². The van der Waals surface area contributed by atoms with Gasteiger partial charge >= 0.3 is 0 Å². The van der Waals surface area contributed by atoms with Crippen molar-refractivity contribution < 1.29 is 14.9 Å². The van der Waals surface area contributed by atoms with Crippen molar-refractivity contribution in [2.75, 3.05) is 18.1 Å². The Hall–Kier alpha value is -2.79. The van der Waals surface area contributed by atoms with Crippen molar-refractivity contribution in [1.82, 2.24) is 19.5 Å². The largest absolute Gasteiger partial charge is 0.390 e. The van der Waals surface area contributed by atoms with Gasteiger partial charge in [-0.1, -0.05) is 12.1 Å². The highest BCUT2D eigenvalue weighted by molar-refractivity contribution is 9.10. The van der Waals surface area contributed by atoms with E-state index in [4.69, 9.17) is 16.2 Å². The number of nitrogens with zero attached hydrogens (tertiary/aromatic N) is 4. The average Bonchev–Trinajstić information content (AvgIpc) is 3.48. The van der Waals surface area contributed by atoms with Crippen molar-refractivity contribution >= 4 is 49.5 Å². The number of rotatable bonds is 2. The summed E-state index contributed by atoms with van der Waals surface area (Å²) >= 11 is 3.41. The quantitative estimate of drug-likeness (QED) is 0.322. The van der Waals surface area contributed by atoms with Crippen LogP contribution in [0.2, 0.25) is 0 Å². The number of hydrogen-bond acceptors (Lipinski definition) is 8. The minimum absolute atomic E-state index is 0.207. The second-order valence-electron chi connectivity index (χ2n) is 9.10. The number of aliphatic hydroxyl groups excluding tert-OH is 2. The van der Waals surface area contributed by atoms with Crippen LogP contribution in [0.1, 0.15) is 30.6 Å². The van der Waals surface area contributed by atoms with E-state index in [9.17, 15) is 10.2 Å². The van der Waals surface area contributed by atoms with E-state index >= 15 is 0 Å². The number of fused-ring (bicyclic) bond motifs is 2. The third-order valence-electron chi connectivity index (χ3n) is 7.22. The predicted octanol–water partition coefficient (Wildman–Crippen LogP) is 2.72. The molecule has 10 heteroatoms. The van der Waals surface area contributed by atoms with Gasteiger partial charge in [0.2, 0.25) is 0 Å². The maximum atomic E-state index is 11.1. The summed E-state index contributed by atoms with van der Waals surface area (Å²) < 4.78 is 8.83. The molecule has 0 unspecified atom stereocenters. The SMILES string of the molecule is Nc1nc2cc([C@H]3C[C@@]4(CO3)C[C@@H](n3ccc5c(N)ncnc53)[C@H](O)[C@@H]4O)ccc2cc1Br. The molecule has 0 amide bonds. The number of nitrogen functional groups attached to an aromatic ring is 2. The van der Waals surface area contributed by atoms with Crippen molar-refractivity contribution in [3.63, 3.8) is 0 Å². The molecule has 1 spiro atoms. The van der Waals surface area contributed by atoms with E-state index in [1.54, 1.807) is 0 Å². The summed E-state index contributed by atoms with van der Waals surface area (Å²) in [7, 11) is 0. The van der Waals surface area contributed by atoms with Gasteiger partial charge in [-0.15, -0.1) is 0 Å². The van der Waals surface area contributed by atoms with Gasteiger partial charge in [0.05, 0.1) is 40.2 Å². The van der Waals surface area contributed by atoms with E-state index in [0.717, 1.165) is 26.3 Å². The van der Waals surface area contributed by atoms with Crippen LogP contribution >= 0.6 is 15.9 Å². The first kappa shape index (κ1) is 20.8. The average molecular weight is 511 g/mol. The standard InChI is InChI=1S/C23H23BrN6O3/c24-14-5-11-1-2-12(6-15(11)29-21(14)26)17-8-23(9-33-17)7-16(18(31)19(23)32)30-4-3-13-20(25)27-10-28-22(13)30/h1-6,10,16-19,31-32H,7-9H2,(H2,26,29)(H2,25,27,28)/t16-,17-,18+,19+,23-/m1/s1. The van der Waals surface area contributed by atoms with Gasteiger partial charge in [0.15, 0.2) is 0 Å². The normalized spacial score (nSPS) is 29.5. The Balaban J connectivity index is 1.30. The van der Waals surface area contributed by atoms with Crippen LogP contribution in [0.3, 0.4) is 0 Å². The van der Waals surface area contributed by atoms with Crippen LogP contribution in [0.4, 0.5) is 11.6 Å². The molecule has 3 aromatic heterocycles. The maximum Gasteiger partial charge on any atom is 0.145 e. The number of pyridine rings is 1. The van der Waals surface area contributed by atoms with Gasteiger partial charge in [0.1, 0.15) is 29.7 Å². The van der Waals surface area contributed by atoms with E-state index in [1.165, 1.54) is 6.33 Å². The van der Waals surface area contributed by atoms with Crippen LogP contribution in [0.25, 0.3) is 21.9 Å². The third kappa shape index (κ3) is 3.12. The Morgan fingerprint density at radius 1 is 1.09 bits per heavy atom. The van der Waals surface area contributed by atoms with Crippen LogP contribution in [0.15, 0.2) is 47.3 Å². The van der Waals surface area contributed by atoms with Gasteiger partial charge in [-0.25, -0.2) is 15.0 Å². The number of aromatic nitrogens is 4. The van der Waals surface area contributed by atoms with Gasteiger partial charge in [-0.2, -0.15) is 0 Å². The number of ether oxygens (including phenoxy) is 1. The van der Waals surface area contributed by atoms with Crippen LogP contribution in [0.5, 0.6) is 0 Å². The maximum absolute atomic E-state index is 11.1. The van der Waals surface area contributed by atoms with Crippen molar-refractivity contribution in [3.05, 3.63) is 52.9 Å². The highest BCUT2D eigenvalue weighted by Crippen LogP contribution is 2.55. The molecule has 170 valence electrons. The molecule has 6 rings (SSSR count). The second kappa shape index (κ2) is 7.36. The summed E-state index contributed by atoms with van der Waals surface area (Å²) in [5.74, 6) is 0.826. The minimum atomic E-state index is -0.949. The van der Waals surface area contributed by atoms with Gasteiger partial charge in [0, 0.05) is 17.0 Å². The number of hydrogen-bond donors (Lipinski definition) is 4. The van der Waals surface area contributed by atoms with Crippen LogP contribution in [-0.4, -0.2) is 48.5 Å². The second-order valence-corrected chi connectivity index (χ2v) is 9.95. The lowest BCUT2D eigenvalue weighted by Gasteiger charge is -2.26. The number of benzene rings is 1. The highest BCUT2D eigenvalue weighted by atomic mass is 79.9. The fourth-order valence-electron chi connectivity index (χ4n) is 5.44. The molecule has 4 aromatic rings. The van der Waals surface area contributed by atoms with Crippen molar-refractivity contribution in [1.29, 1.82) is 0 Å². The zero-order valence-electron chi connectivity index (χ0n) is 17.6. The van der Waals surface area contributed by atoms with Crippen LogP contribution in [-0.2, 0) is 4.74 Å². The van der Waals surface area contributed by atoms with E-state index < -0.39 is 17.6 Å². The van der Waals surface area contributed by atoms with Gasteiger partial charge in [-0.05, 0) is 52.5 Å². The molecule has 1 saturated carbocycles. The fourth-order valence-corrected chi connectivity index (χ4v) is 5.78. The molecule has 33 heavy (non-hydrogen) atoms. The smallest absolute Gasteiger partial charge is 0.145 e. The summed E-state index contributed by atoms with van der Waals surface area (Å²) in [4.78, 5) is 12.9. The summed E-state index contributed by atoms with van der Waals surface area (Å²) in [6, 6.07) is 9.44. The number of aliphatic hydroxyl groups is 2. The Labute approximate surface area is 197 Å². The van der Waals surface area contributed by atoms with Crippen molar-refractivity contribution in [2.24, 2.45) is 5.41 Å². The lowest BCUT2D eigenvalue weighted by atomic mass is 9.80. The predicted molar refractivity (Wildman–Crippen MR) is 127 cm³/mol. The van der Waals surface area contributed by atoms with Gasteiger partial charge in [-0.3, -0.25) is 0 Å². The minimum Gasteiger partial charge on any atom is -0.390 e. The Bertz CT molecular complexity index is 1390. The molecule has 1 saturated heterocycles. The van der Waals surface area contributed by atoms with Crippen LogP contribution < -0.4 is 11.5 Å². The molecule has 2 fully saturated rings. The molecule has 1 aliphatic heterocycles. The molecule has 6 N–H and O–H groups in total. The number of anilines is 2. The first-order valence-electron chi connectivity index (χ1n) is 10.8. The number of halogens is 1. The molecule has 4 heterocycles. The molecule has 5 atom stereocenters. The molecule has 1 aromatic carbocycles. The lowest BCUT2D eigenvalue weighted by molar-refractivity contribution is -0.0309. The monoisotopic (exact) mass is 510 g/mol. The highest BCUT2D eigenvalue weighted by Gasteiger charge is 2.57. The van der Waals surface area contributed by atoms with Gasteiger partial charge < -0.3 is 31.0 Å². The topological polar surface area (TPSA) is 145 Å².